The first-order valence-electron chi connectivity index (χ1n) is 6.57. The van der Waals surface area contributed by atoms with Crippen molar-refractivity contribution in [1.82, 2.24) is 5.32 Å². The summed E-state index contributed by atoms with van der Waals surface area (Å²) >= 11 is 0. The highest BCUT2D eigenvalue weighted by Gasteiger charge is 2.23. The second-order valence-corrected chi connectivity index (χ2v) is 4.87. The van der Waals surface area contributed by atoms with Crippen LogP contribution in [0, 0.1) is 0 Å². The molecule has 98 valence electrons. The third-order valence-electron chi connectivity index (χ3n) is 3.62. The molecule has 0 aliphatic carbocycles. The molecule has 2 heterocycles. The minimum atomic E-state index is 0.327. The molecule has 2 aliphatic heterocycles. The number of hydrogen-bond donors (Lipinski definition) is 1. The van der Waals surface area contributed by atoms with Gasteiger partial charge in [-0.25, -0.2) is 0 Å². The van der Waals surface area contributed by atoms with Gasteiger partial charge in [0.25, 0.3) is 0 Å². The Hall–Kier alpha value is -1.26. The second-order valence-electron chi connectivity index (χ2n) is 4.87. The maximum Gasteiger partial charge on any atom is 0.231 e. The Balaban J connectivity index is 1.61. The quantitative estimate of drug-likeness (QED) is 0.886. The van der Waals surface area contributed by atoms with E-state index in [1.807, 2.05) is 12.1 Å². The van der Waals surface area contributed by atoms with Crippen LogP contribution in [0.1, 0.15) is 25.3 Å². The number of rotatable bonds is 4. The summed E-state index contributed by atoms with van der Waals surface area (Å²) in [6, 6.07) is 6.38. The third-order valence-corrected chi connectivity index (χ3v) is 3.62. The van der Waals surface area contributed by atoms with Crippen LogP contribution in [0.4, 0.5) is 0 Å². The van der Waals surface area contributed by atoms with Gasteiger partial charge in [0.15, 0.2) is 11.5 Å². The van der Waals surface area contributed by atoms with Crippen LogP contribution in [-0.2, 0) is 11.3 Å². The Kier molecular flexibility index (Phi) is 3.39. The van der Waals surface area contributed by atoms with E-state index in [1.165, 1.54) is 6.42 Å². The van der Waals surface area contributed by atoms with Gasteiger partial charge in [0, 0.05) is 24.8 Å². The zero-order valence-corrected chi connectivity index (χ0v) is 10.6. The van der Waals surface area contributed by atoms with Crippen LogP contribution < -0.4 is 14.8 Å². The van der Waals surface area contributed by atoms with Gasteiger partial charge in [-0.15, -0.1) is 0 Å². The first-order chi connectivity index (χ1) is 8.84. The molecule has 0 bridgehead atoms. The highest BCUT2D eigenvalue weighted by atomic mass is 16.7. The van der Waals surface area contributed by atoms with Crippen LogP contribution >= 0.6 is 0 Å². The summed E-state index contributed by atoms with van der Waals surface area (Å²) in [4.78, 5) is 0. The topological polar surface area (TPSA) is 39.7 Å². The highest BCUT2D eigenvalue weighted by Crippen LogP contribution is 2.35. The standard InChI is InChI=1S/C14H19NO3/c1-10(12-6-3-7-16-12)15-8-11-4-2-5-13-14(11)18-9-17-13/h2,4-5,10,12,15H,3,6-9H2,1H3. The van der Waals surface area contributed by atoms with E-state index in [-0.39, 0.29) is 0 Å². The first-order valence-corrected chi connectivity index (χ1v) is 6.57. The Morgan fingerprint density at radius 2 is 2.33 bits per heavy atom. The maximum absolute atomic E-state index is 5.68. The molecular weight excluding hydrogens is 230 g/mol. The molecule has 2 atom stereocenters. The molecule has 1 fully saturated rings. The number of nitrogens with one attached hydrogen (secondary N) is 1. The molecule has 0 spiro atoms. The Labute approximate surface area is 107 Å². The predicted molar refractivity (Wildman–Crippen MR) is 67.8 cm³/mol. The monoisotopic (exact) mass is 249 g/mol. The van der Waals surface area contributed by atoms with Crippen LogP contribution in [-0.4, -0.2) is 25.5 Å². The lowest BCUT2D eigenvalue weighted by atomic mass is 10.1. The van der Waals surface area contributed by atoms with Crippen LogP contribution in [0.5, 0.6) is 11.5 Å². The minimum absolute atomic E-state index is 0.327. The van der Waals surface area contributed by atoms with E-state index >= 15 is 0 Å². The van der Waals surface area contributed by atoms with Gasteiger partial charge >= 0.3 is 0 Å². The zero-order chi connectivity index (χ0) is 12.4. The molecule has 0 aromatic heterocycles. The molecule has 0 amide bonds. The lowest BCUT2D eigenvalue weighted by Gasteiger charge is -2.20. The van der Waals surface area contributed by atoms with E-state index in [1.54, 1.807) is 0 Å². The van der Waals surface area contributed by atoms with Gasteiger partial charge in [-0.2, -0.15) is 0 Å². The largest absolute Gasteiger partial charge is 0.454 e. The number of para-hydroxylation sites is 1. The molecule has 1 aromatic rings. The van der Waals surface area contributed by atoms with Crippen molar-refractivity contribution in [2.45, 2.75) is 38.5 Å². The molecule has 2 aliphatic rings. The van der Waals surface area contributed by atoms with Gasteiger partial charge in [0.05, 0.1) is 6.10 Å². The smallest absolute Gasteiger partial charge is 0.231 e. The molecule has 4 heteroatoms. The van der Waals surface area contributed by atoms with E-state index in [0.29, 0.717) is 18.9 Å². The summed E-state index contributed by atoms with van der Waals surface area (Å²) in [6.07, 6.45) is 2.67. The van der Waals surface area contributed by atoms with Gasteiger partial charge in [0.1, 0.15) is 0 Å². The molecule has 3 rings (SSSR count). The van der Waals surface area contributed by atoms with Gasteiger partial charge in [-0.05, 0) is 25.8 Å². The number of fused-ring (bicyclic) bond motifs is 1. The lowest BCUT2D eigenvalue weighted by molar-refractivity contribution is 0.0831. The Morgan fingerprint density at radius 3 is 3.17 bits per heavy atom. The summed E-state index contributed by atoms with van der Waals surface area (Å²) in [5.74, 6) is 1.73. The van der Waals surface area contributed by atoms with Gasteiger partial charge in [0.2, 0.25) is 6.79 Å². The zero-order valence-electron chi connectivity index (χ0n) is 10.6. The van der Waals surface area contributed by atoms with Crippen LogP contribution in [0.25, 0.3) is 0 Å². The van der Waals surface area contributed by atoms with E-state index < -0.39 is 0 Å². The van der Waals surface area contributed by atoms with Crippen LogP contribution in [0.15, 0.2) is 18.2 Å². The normalized spacial score (nSPS) is 23.3. The summed E-state index contributed by atoms with van der Waals surface area (Å²) in [5.41, 5.74) is 1.15. The van der Waals surface area contributed by atoms with E-state index in [2.05, 4.69) is 18.3 Å². The van der Waals surface area contributed by atoms with Gasteiger partial charge < -0.3 is 19.5 Å². The maximum atomic E-state index is 5.68. The second kappa shape index (κ2) is 5.16. The fourth-order valence-corrected chi connectivity index (χ4v) is 2.53. The average Bonchev–Trinajstić information content (AvgIpc) is 3.05. The van der Waals surface area contributed by atoms with Crippen molar-refractivity contribution in [3.05, 3.63) is 23.8 Å². The molecule has 1 N–H and O–H groups in total. The summed E-state index contributed by atoms with van der Waals surface area (Å²) in [5, 5.41) is 3.51. The van der Waals surface area contributed by atoms with E-state index in [9.17, 15) is 0 Å². The van der Waals surface area contributed by atoms with Crippen molar-refractivity contribution in [3.8, 4) is 11.5 Å². The SMILES string of the molecule is CC(NCc1cccc2c1OCO2)C1CCCO1. The fourth-order valence-electron chi connectivity index (χ4n) is 2.53. The van der Waals surface area contributed by atoms with Gasteiger partial charge in [-0.1, -0.05) is 12.1 Å². The molecule has 0 radical (unpaired) electrons. The van der Waals surface area contributed by atoms with E-state index in [0.717, 1.165) is 36.6 Å². The summed E-state index contributed by atoms with van der Waals surface area (Å²) in [6.45, 7) is 4.19. The van der Waals surface area contributed by atoms with E-state index in [4.69, 9.17) is 14.2 Å². The first kappa shape index (κ1) is 11.8. The van der Waals surface area contributed by atoms with Crippen molar-refractivity contribution >= 4 is 0 Å². The number of ether oxygens (including phenoxy) is 3. The molecule has 1 aromatic carbocycles. The van der Waals surface area contributed by atoms with Crippen molar-refractivity contribution < 1.29 is 14.2 Å². The van der Waals surface area contributed by atoms with Crippen LogP contribution in [0.3, 0.4) is 0 Å². The average molecular weight is 249 g/mol. The molecule has 4 nitrogen and oxygen atoms in total. The van der Waals surface area contributed by atoms with Crippen molar-refractivity contribution in [2.75, 3.05) is 13.4 Å². The number of benzene rings is 1. The molecule has 1 saturated heterocycles. The third kappa shape index (κ3) is 2.31. The number of hydrogen-bond acceptors (Lipinski definition) is 4. The molecule has 18 heavy (non-hydrogen) atoms. The Bertz CT molecular complexity index is 416. The fraction of sp³-hybridized carbons (Fsp3) is 0.571. The molecule has 2 unspecified atom stereocenters. The highest BCUT2D eigenvalue weighted by molar-refractivity contribution is 5.48. The summed E-state index contributed by atoms with van der Waals surface area (Å²) in [7, 11) is 0. The van der Waals surface area contributed by atoms with Crippen molar-refractivity contribution in [2.24, 2.45) is 0 Å². The van der Waals surface area contributed by atoms with Crippen molar-refractivity contribution in [1.29, 1.82) is 0 Å². The Morgan fingerprint density at radius 1 is 1.39 bits per heavy atom. The molecule has 0 saturated carbocycles. The van der Waals surface area contributed by atoms with Crippen molar-refractivity contribution in [3.63, 3.8) is 0 Å². The molecular formula is C14H19NO3. The predicted octanol–water partition coefficient (Wildman–Crippen LogP) is 2.07. The summed E-state index contributed by atoms with van der Waals surface area (Å²) < 4.78 is 16.5. The van der Waals surface area contributed by atoms with Gasteiger partial charge in [-0.3, -0.25) is 0 Å². The minimum Gasteiger partial charge on any atom is -0.454 e. The van der Waals surface area contributed by atoms with Crippen LogP contribution in [0.2, 0.25) is 0 Å². The lowest BCUT2D eigenvalue weighted by Crippen LogP contribution is -2.36.